The largest absolute Gasteiger partial charge is 0.508 e. The summed E-state index contributed by atoms with van der Waals surface area (Å²) < 4.78 is 5.16. The Morgan fingerprint density at radius 1 is 1.00 bits per heavy atom. The van der Waals surface area contributed by atoms with E-state index in [0.717, 1.165) is 5.56 Å². The Kier molecular flexibility index (Phi) is 5.21. The number of ether oxygens (including phenoxy) is 1. The van der Waals surface area contributed by atoms with Crippen LogP contribution in [0.1, 0.15) is 17.5 Å². The van der Waals surface area contributed by atoms with Crippen LogP contribution >= 0.6 is 0 Å². The summed E-state index contributed by atoms with van der Waals surface area (Å²) in [4.78, 5) is 11.6. The zero-order valence-electron chi connectivity index (χ0n) is 11.7. The molecule has 2 aromatic carbocycles. The molecule has 21 heavy (non-hydrogen) atoms. The lowest BCUT2D eigenvalue weighted by molar-refractivity contribution is -0.143. The van der Waals surface area contributed by atoms with Gasteiger partial charge in [0, 0.05) is 18.9 Å². The first-order chi connectivity index (χ1) is 10.1. The Hall–Kier alpha value is -2.49. The second kappa shape index (κ2) is 7.33. The van der Waals surface area contributed by atoms with Gasteiger partial charge >= 0.3 is 5.97 Å². The van der Waals surface area contributed by atoms with Gasteiger partial charge in [-0.25, -0.2) is 0 Å². The van der Waals surface area contributed by atoms with Gasteiger partial charge in [-0.1, -0.05) is 36.4 Å². The maximum absolute atomic E-state index is 11.6. The van der Waals surface area contributed by atoms with Crippen molar-refractivity contribution in [2.24, 2.45) is 0 Å². The molecule has 0 spiro atoms. The maximum Gasteiger partial charge on any atom is 0.306 e. The molecule has 0 atom stereocenters. The molecule has 4 nitrogen and oxygen atoms in total. The first-order valence-electron chi connectivity index (χ1n) is 6.85. The Labute approximate surface area is 123 Å². The van der Waals surface area contributed by atoms with Crippen LogP contribution in [-0.4, -0.2) is 22.8 Å². The normalized spacial score (nSPS) is 10.3. The predicted molar refractivity (Wildman–Crippen MR) is 79.2 cm³/mol. The third-order valence-corrected chi connectivity index (χ3v) is 3.16. The molecule has 0 amide bonds. The zero-order chi connectivity index (χ0) is 15.1. The molecule has 0 aliphatic rings. The fourth-order valence-corrected chi connectivity index (χ4v) is 2.00. The molecule has 0 bridgehead atoms. The molecule has 4 heteroatoms. The summed E-state index contributed by atoms with van der Waals surface area (Å²) in [7, 11) is 0. The van der Waals surface area contributed by atoms with E-state index in [1.165, 1.54) is 12.1 Å². The minimum atomic E-state index is -0.293. The number of hydrogen-bond donors (Lipinski definition) is 2. The van der Waals surface area contributed by atoms with E-state index in [0.29, 0.717) is 25.0 Å². The summed E-state index contributed by atoms with van der Waals surface area (Å²) in [6.45, 7) is 0.352. The number of phenolic OH excluding ortho intramolecular Hbond substituents is 2. The van der Waals surface area contributed by atoms with Gasteiger partial charge in [0.05, 0.1) is 6.61 Å². The highest BCUT2D eigenvalue weighted by Gasteiger charge is 2.07. The standard InChI is InChI=1S/C17H18O4/c18-15-8-6-14(16(19)12-15)7-9-17(20)21-11-10-13-4-2-1-3-5-13/h1-6,8,12,18-19H,7,9-11H2. The van der Waals surface area contributed by atoms with E-state index < -0.39 is 0 Å². The van der Waals surface area contributed by atoms with Crippen molar-refractivity contribution in [3.8, 4) is 11.5 Å². The number of aryl methyl sites for hydroxylation is 1. The molecular formula is C17H18O4. The zero-order valence-corrected chi connectivity index (χ0v) is 11.7. The quantitative estimate of drug-likeness (QED) is 0.801. The van der Waals surface area contributed by atoms with Gasteiger partial charge in [0.25, 0.3) is 0 Å². The number of rotatable bonds is 6. The van der Waals surface area contributed by atoms with Gasteiger partial charge < -0.3 is 14.9 Å². The van der Waals surface area contributed by atoms with Crippen molar-refractivity contribution < 1.29 is 19.7 Å². The minimum Gasteiger partial charge on any atom is -0.508 e. The van der Waals surface area contributed by atoms with Crippen molar-refractivity contribution in [2.75, 3.05) is 6.61 Å². The fourth-order valence-electron chi connectivity index (χ4n) is 2.00. The van der Waals surface area contributed by atoms with Crippen molar-refractivity contribution in [1.82, 2.24) is 0 Å². The maximum atomic E-state index is 11.6. The molecule has 0 aliphatic carbocycles. The summed E-state index contributed by atoms with van der Waals surface area (Å²) in [5, 5.41) is 18.8. The molecule has 0 saturated carbocycles. The van der Waals surface area contributed by atoms with Gasteiger partial charge in [-0.3, -0.25) is 4.79 Å². The van der Waals surface area contributed by atoms with Gasteiger partial charge in [0.15, 0.2) is 0 Å². The molecule has 0 saturated heterocycles. The van der Waals surface area contributed by atoms with Crippen molar-refractivity contribution in [1.29, 1.82) is 0 Å². The van der Waals surface area contributed by atoms with Crippen molar-refractivity contribution in [3.63, 3.8) is 0 Å². The molecule has 110 valence electrons. The number of phenols is 2. The second-order valence-electron chi connectivity index (χ2n) is 4.77. The Morgan fingerprint density at radius 2 is 1.76 bits per heavy atom. The molecule has 2 aromatic rings. The average molecular weight is 286 g/mol. The highest BCUT2D eigenvalue weighted by molar-refractivity contribution is 5.69. The van der Waals surface area contributed by atoms with E-state index in [1.54, 1.807) is 6.07 Å². The van der Waals surface area contributed by atoms with Crippen LogP contribution in [0.3, 0.4) is 0 Å². The van der Waals surface area contributed by atoms with Crippen LogP contribution in [0.25, 0.3) is 0 Å². The van der Waals surface area contributed by atoms with Crippen LogP contribution in [0.2, 0.25) is 0 Å². The highest BCUT2D eigenvalue weighted by atomic mass is 16.5. The predicted octanol–water partition coefficient (Wildman–Crippen LogP) is 2.82. The fraction of sp³-hybridized carbons (Fsp3) is 0.235. The summed E-state index contributed by atoms with van der Waals surface area (Å²) in [6.07, 6.45) is 1.28. The number of esters is 1. The van der Waals surface area contributed by atoms with E-state index in [9.17, 15) is 15.0 Å². The van der Waals surface area contributed by atoms with E-state index in [4.69, 9.17) is 4.74 Å². The summed E-state index contributed by atoms with van der Waals surface area (Å²) in [5.41, 5.74) is 1.74. The van der Waals surface area contributed by atoms with Gasteiger partial charge in [0.1, 0.15) is 11.5 Å². The van der Waals surface area contributed by atoms with Crippen LogP contribution in [0.15, 0.2) is 48.5 Å². The molecular weight excluding hydrogens is 268 g/mol. The Balaban J connectivity index is 1.72. The summed E-state index contributed by atoms with van der Waals surface area (Å²) in [6, 6.07) is 14.2. The van der Waals surface area contributed by atoms with Crippen LogP contribution in [-0.2, 0) is 22.4 Å². The molecule has 2 N–H and O–H groups in total. The molecule has 2 rings (SSSR count). The number of benzene rings is 2. The second-order valence-corrected chi connectivity index (χ2v) is 4.77. The van der Waals surface area contributed by atoms with Gasteiger partial charge in [0.2, 0.25) is 0 Å². The van der Waals surface area contributed by atoms with Crippen molar-refractivity contribution in [3.05, 3.63) is 59.7 Å². The first-order valence-corrected chi connectivity index (χ1v) is 6.85. The third kappa shape index (κ3) is 4.84. The Bertz CT molecular complexity index is 593. The third-order valence-electron chi connectivity index (χ3n) is 3.16. The lowest BCUT2D eigenvalue weighted by Crippen LogP contribution is -2.08. The van der Waals surface area contributed by atoms with E-state index in [1.807, 2.05) is 30.3 Å². The molecule has 0 unspecified atom stereocenters. The molecule has 0 radical (unpaired) electrons. The average Bonchev–Trinajstić information content (AvgIpc) is 2.47. The van der Waals surface area contributed by atoms with Crippen LogP contribution in [0.5, 0.6) is 11.5 Å². The van der Waals surface area contributed by atoms with Crippen LogP contribution in [0, 0.1) is 0 Å². The van der Waals surface area contributed by atoms with Crippen molar-refractivity contribution in [2.45, 2.75) is 19.3 Å². The number of carbonyl (C=O) groups is 1. The lowest BCUT2D eigenvalue weighted by Gasteiger charge is -2.06. The Morgan fingerprint density at radius 3 is 2.48 bits per heavy atom. The van der Waals surface area contributed by atoms with Gasteiger partial charge in [-0.05, 0) is 23.6 Å². The van der Waals surface area contributed by atoms with Crippen LogP contribution < -0.4 is 0 Å². The number of carbonyl (C=O) groups excluding carboxylic acids is 1. The first kappa shape index (κ1) is 14.9. The summed E-state index contributed by atoms with van der Waals surface area (Å²) >= 11 is 0. The molecule has 0 fully saturated rings. The summed E-state index contributed by atoms with van der Waals surface area (Å²) in [5.74, 6) is -0.299. The van der Waals surface area contributed by atoms with E-state index >= 15 is 0 Å². The van der Waals surface area contributed by atoms with Crippen molar-refractivity contribution >= 4 is 5.97 Å². The van der Waals surface area contributed by atoms with Gasteiger partial charge in [-0.15, -0.1) is 0 Å². The minimum absolute atomic E-state index is 0.00156. The SMILES string of the molecule is O=C(CCc1ccc(O)cc1O)OCCc1ccccc1. The lowest BCUT2D eigenvalue weighted by atomic mass is 10.1. The molecule has 0 aliphatic heterocycles. The number of hydrogen-bond acceptors (Lipinski definition) is 4. The smallest absolute Gasteiger partial charge is 0.306 e. The van der Waals surface area contributed by atoms with E-state index in [2.05, 4.69) is 0 Å². The highest BCUT2D eigenvalue weighted by Crippen LogP contribution is 2.23. The molecule has 0 heterocycles. The van der Waals surface area contributed by atoms with E-state index in [-0.39, 0.29) is 23.9 Å². The molecule has 0 aromatic heterocycles. The van der Waals surface area contributed by atoms with Gasteiger partial charge in [-0.2, -0.15) is 0 Å². The van der Waals surface area contributed by atoms with Crippen LogP contribution in [0.4, 0.5) is 0 Å². The number of aromatic hydroxyl groups is 2. The monoisotopic (exact) mass is 286 g/mol. The topological polar surface area (TPSA) is 66.8 Å².